The standard InChI is InChI=1S/C13H17N2O7PS2/c1-9(24-12(8-14)23(17,18)21-2)15-13(16)10-5-4-6-11(7-10)22-25(3,19)20/h4-8H,1,14H2,2-3H3,(H,15,16)(H,17,18)/b12-8-. The fourth-order valence-electron chi connectivity index (χ4n) is 1.49. The Bertz CT molecular complexity index is 852. The Hall–Kier alpha value is -1.78. The van der Waals surface area contributed by atoms with Gasteiger partial charge in [0.1, 0.15) is 10.4 Å². The number of carbonyl (C=O) groups is 1. The Labute approximate surface area is 149 Å². The van der Waals surface area contributed by atoms with Gasteiger partial charge < -0.3 is 24.7 Å². The summed E-state index contributed by atoms with van der Waals surface area (Å²) in [4.78, 5) is 21.7. The first-order valence-corrected chi connectivity index (χ1v) is 10.7. The molecule has 0 aliphatic carbocycles. The van der Waals surface area contributed by atoms with E-state index in [9.17, 15) is 22.7 Å². The zero-order valence-electron chi connectivity index (χ0n) is 13.3. The fourth-order valence-corrected chi connectivity index (χ4v) is 3.79. The summed E-state index contributed by atoms with van der Waals surface area (Å²) in [5.41, 5.74) is 5.38. The summed E-state index contributed by atoms with van der Waals surface area (Å²) >= 11 is 0.658. The van der Waals surface area contributed by atoms with Crippen LogP contribution >= 0.6 is 19.4 Å². The van der Waals surface area contributed by atoms with Crippen molar-refractivity contribution in [1.82, 2.24) is 5.32 Å². The Morgan fingerprint density at radius 1 is 1.48 bits per heavy atom. The molecule has 1 aromatic rings. The summed E-state index contributed by atoms with van der Waals surface area (Å²) in [6.07, 6.45) is 1.76. The maximum absolute atomic E-state index is 12.2. The number of hydrogen-bond donors (Lipinski definition) is 3. The molecule has 0 heterocycles. The number of benzene rings is 1. The predicted octanol–water partition coefficient (Wildman–Crippen LogP) is 1.55. The lowest BCUT2D eigenvalue weighted by atomic mass is 10.2. The molecule has 0 bridgehead atoms. The van der Waals surface area contributed by atoms with Gasteiger partial charge in [-0.1, -0.05) is 24.4 Å². The highest BCUT2D eigenvalue weighted by Gasteiger charge is 2.26. The highest BCUT2D eigenvalue weighted by atomic mass is 32.2. The Morgan fingerprint density at radius 2 is 2.12 bits per heavy atom. The normalized spacial score (nSPS) is 14.4. The molecule has 138 valence electrons. The van der Waals surface area contributed by atoms with Gasteiger partial charge in [-0.3, -0.25) is 9.36 Å². The predicted molar refractivity (Wildman–Crippen MR) is 95.2 cm³/mol. The van der Waals surface area contributed by atoms with Gasteiger partial charge in [-0.2, -0.15) is 8.42 Å². The molecule has 0 saturated carbocycles. The van der Waals surface area contributed by atoms with Crippen molar-refractivity contribution in [2.45, 2.75) is 0 Å². The first-order chi connectivity index (χ1) is 11.5. The van der Waals surface area contributed by atoms with Crippen molar-refractivity contribution in [2.24, 2.45) is 5.73 Å². The van der Waals surface area contributed by atoms with Gasteiger partial charge in [-0.15, -0.1) is 0 Å². The molecule has 0 saturated heterocycles. The van der Waals surface area contributed by atoms with Crippen molar-refractivity contribution in [1.29, 1.82) is 0 Å². The second kappa shape index (κ2) is 8.54. The first-order valence-electron chi connectivity index (χ1n) is 6.47. The third-order valence-electron chi connectivity index (χ3n) is 2.49. The SMILES string of the molecule is C=C(NC(=O)c1cccc(OS(C)(=O)=O)c1)S/C(=C\N)P(=O)(O)OC. The molecule has 0 aliphatic heterocycles. The Balaban J connectivity index is 2.84. The van der Waals surface area contributed by atoms with E-state index in [2.05, 4.69) is 16.4 Å². The summed E-state index contributed by atoms with van der Waals surface area (Å²) in [6.45, 7) is 3.56. The summed E-state index contributed by atoms with van der Waals surface area (Å²) in [7, 11) is -6.77. The molecule has 0 aromatic heterocycles. The van der Waals surface area contributed by atoms with E-state index in [4.69, 9.17) is 9.92 Å². The molecule has 0 fully saturated rings. The van der Waals surface area contributed by atoms with E-state index in [-0.39, 0.29) is 21.0 Å². The van der Waals surface area contributed by atoms with E-state index in [0.717, 1.165) is 19.6 Å². The molecule has 1 rings (SSSR count). The molecule has 0 spiro atoms. The fraction of sp³-hybridized carbons (Fsp3) is 0.154. The van der Waals surface area contributed by atoms with E-state index in [1.807, 2.05) is 0 Å². The van der Waals surface area contributed by atoms with Crippen molar-refractivity contribution in [3.8, 4) is 5.75 Å². The number of hydrogen-bond acceptors (Lipinski definition) is 8. The van der Waals surface area contributed by atoms with Crippen molar-refractivity contribution in [2.75, 3.05) is 13.4 Å². The van der Waals surface area contributed by atoms with Gasteiger partial charge in [0.25, 0.3) is 5.91 Å². The number of amides is 1. The van der Waals surface area contributed by atoms with Gasteiger partial charge in [0.05, 0.1) is 11.3 Å². The minimum absolute atomic E-state index is 0.0162. The van der Waals surface area contributed by atoms with Gasteiger partial charge in [0.2, 0.25) is 0 Å². The van der Waals surface area contributed by atoms with Crippen LogP contribution in [-0.4, -0.2) is 32.6 Å². The highest BCUT2D eigenvalue weighted by molar-refractivity contribution is 8.12. The van der Waals surface area contributed by atoms with E-state index in [1.54, 1.807) is 0 Å². The Morgan fingerprint density at radius 3 is 2.64 bits per heavy atom. The lowest BCUT2D eigenvalue weighted by molar-refractivity contribution is 0.0968. The van der Waals surface area contributed by atoms with Crippen LogP contribution in [0.2, 0.25) is 0 Å². The van der Waals surface area contributed by atoms with E-state index < -0.39 is 23.6 Å². The monoisotopic (exact) mass is 408 g/mol. The largest absolute Gasteiger partial charge is 0.403 e. The van der Waals surface area contributed by atoms with Crippen LogP contribution in [0.15, 0.2) is 46.7 Å². The molecule has 1 atom stereocenters. The van der Waals surface area contributed by atoms with E-state index in [0.29, 0.717) is 11.8 Å². The smallest absolute Gasteiger partial charge is 0.366 e. The molecule has 1 unspecified atom stereocenters. The van der Waals surface area contributed by atoms with E-state index in [1.165, 1.54) is 24.3 Å². The van der Waals surface area contributed by atoms with Crippen LogP contribution in [0.1, 0.15) is 10.4 Å². The molecule has 1 amide bonds. The average Bonchev–Trinajstić information content (AvgIpc) is 2.51. The molecule has 12 heteroatoms. The van der Waals surface area contributed by atoms with Gasteiger partial charge >= 0.3 is 17.7 Å². The van der Waals surface area contributed by atoms with Crippen LogP contribution in [0.25, 0.3) is 0 Å². The summed E-state index contributed by atoms with van der Waals surface area (Å²) < 4.78 is 42.9. The van der Waals surface area contributed by atoms with Gasteiger partial charge in [-0.05, 0) is 18.2 Å². The van der Waals surface area contributed by atoms with Crippen molar-refractivity contribution in [3.05, 3.63) is 52.3 Å². The zero-order chi connectivity index (χ0) is 19.3. The number of nitrogens with one attached hydrogen (secondary N) is 1. The number of thioether (sulfide) groups is 1. The van der Waals surface area contributed by atoms with Crippen molar-refractivity contribution in [3.63, 3.8) is 0 Å². The molecular weight excluding hydrogens is 391 g/mol. The van der Waals surface area contributed by atoms with Crippen LogP contribution < -0.4 is 15.2 Å². The van der Waals surface area contributed by atoms with Gasteiger partial charge in [-0.25, -0.2) is 0 Å². The van der Waals surface area contributed by atoms with Crippen molar-refractivity contribution < 1.29 is 31.4 Å². The third-order valence-corrected chi connectivity index (χ3v) is 5.85. The maximum atomic E-state index is 12.2. The van der Waals surface area contributed by atoms with Crippen LogP contribution in [0, 0.1) is 0 Å². The molecule has 9 nitrogen and oxygen atoms in total. The van der Waals surface area contributed by atoms with E-state index >= 15 is 0 Å². The number of rotatable bonds is 8. The number of nitrogens with two attached hydrogens (primary N) is 1. The average molecular weight is 408 g/mol. The lowest BCUT2D eigenvalue weighted by Crippen LogP contribution is -2.21. The molecule has 1 aromatic carbocycles. The lowest BCUT2D eigenvalue weighted by Gasteiger charge is -2.14. The number of carbonyl (C=O) groups excluding carboxylic acids is 1. The summed E-state index contributed by atoms with van der Waals surface area (Å²) in [6, 6.07) is 5.45. The Kier molecular flexibility index (Phi) is 7.27. The minimum Gasteiger partial charge on any atom is -0.403 e. The topological polar surface area (TPSA) is 145 Å². The minimum atomic E-state index is -4.08. The molecule has 4 N–H and O–H groups in total. The maximum Gasteiger partial charge on any atom is 0.366 e. The van der Waals surface area contributed by atoms with Crippen LogP contribution in [0.4, 0.5) is 0 Å². The van der Waals surface area contributed by atoms with Gasteiger partial charge in [0.15, 0.2) is 0 Å². The molecule has 25 heavy (non-hydrogen) atoms. The highest BCUT2D eigenvalue weighted by Crippen LogP contribution is 2.55. The molecule has 0 aliphatic rings. The second-order valence-corrected chi connectivity index (χ2v) is 9.40. The molecule has 0 radical (unpaired) electrons. The molecular formula is C13H17N2O7PS2. The summed E-state index contributed by atoms with van der Waals surface area (Å²) in [5, 5.41) is 2.40. The van der Waals surface area contributed by atoms with Crippen LogP contribution in [-0.2, 0) is 19.2 Å². The summed E-state index contributed by atoms with van der Waals surface area (Å²) in [5.74, 6) is -0.659. The van der Waals surface area contributed by atoms with Crippen molar-refractivity contribution >= 4 is 35.4 Å². The van der Waals surface area contributed by atoms with Gasteiger partial charge in [0, 0.05) is 18.9 Å². The third kappa shape index (κ3) is 6.92. The first kappa shape index (κ1) is 21.3. The quantitative estimate of drug-likeness (QED) is 0.431. The second-order valence-electron chi connectivity index (χ2n) is 4.50. The van der Waals surface area contributed by atoms with Crippen LogP contribution in [0.3, 0.4) is 0 Å². The zero-order valence-corrected chi connectivity index (χ0v) is 15.9. The van der Waals surface area contributed by atoms with Crippen LogP contribution in [0.5, 0.6) is 5.75 Å².